The van der Waals surface area contributed by atoms with Crippen molar-refractivity contribution < 1.29 is 13.9 Å². The summed E-state index contributed by atoms with van der Waals surface area (Å²) in [6, 6.07) is 0. The van der Waals surface area contributed by atoms with E-state index >= 15 is 0 Å². The lowest BCUT2D eigenvalue weighted by atomic mass is 10.5. The maximum Gasteiger partial charge on any atom is 0.328 e. The van der Waals surface area contributed by atoms with E-state index < -0.39 is 19.2 Å². The Morgan fingerprint density at radius 1 is 1.62 bits per heavy atom. The highest BCUT2D eigenvalue weighted by molar-refractivity contribution is 7.33. The van der Waals surface area contributed by atoms with E-state index in [0.717, 1.165) is 0 Å². The number of rotatable bonds is 2. The van der Waals surface area contributed by atoms with E-state index in [1.54, 1.807) is 0 Å². The highest BCUT2D eigenvalue weighted by Gasteiger charge is 2.12. The molecule has 0 aromatic rings. The smallest absolute Gasteiger partial charge is 0.328 e. The monoisotopic (exact) mass is 135 g/mol. The molecule has 1 unspecified atom stereocenters. The molecule has 1 amide bonds. The average Bonchev–Trinajstić information content (AvgIpc) is 1.64. The van der Waals surface area contributed by atoms with Crippen molar-refractivity contribution in [3.63, 3.8) is 0 Å². The SMILES string of the molecule is CC(C(N)=O)P(=O)=O. The fraction of sp³-hybridized carbons (Fsp3) is 0.667. The van der Waals surface area contributed by atoms with Crippen LogP contribution in [-0.4, -0.2) is 11.6 Å². The second-order valence-electron chi connectivity index (χ2n) is 1.36. The van der Waals surface area contributed by atoms with Crippen molar-refractivity contribution in [2.24, 2.45) is 5.73 Å². The molecule has 0 aliphatic rings. The first-order chi connectivity index (χ1) is 3.55. The summed E-state index contributed by atoms with van der Waals surface area (Å²) >= 11 is 0. The van der Waals surface area contributed by atoms with Crippen molar-refractivity contribution in [2.75, 3.05) is 0 Å². The molecule has 0 saturated carbocycles. The Morgan fingerprint density at radius 3 is 2.00 bits per heavy atom. The lowest BCUT2D eigenvalue weighted by Crippen LogP contribution is -2.20. The Morgan fingerprint density at radius 2 is 2.00 bits per heavy atom. The number of primary amides is 1. The van der Waals surface area contributed by atoms with Crippen LogP contribution in [0.2, 0.25) is 0 Å². The largest absolute Gasteiger partial charge is 0.369 e. The maximum atomic E-state index is 9.98. The van der Waals surface area contributed by atoms with Crippen LogP contribution < -0.4 is 5.73 Å². The van der Waals surface area contributed by atoms with Gasteiger partial charge < -0.3 is 5.73 Å². The van der Waals surface area contributed by atoms with Crippen LogP contribution in [0, 0.1) is 0 Å². The van der Waals surface area contributed by atoms with Gasteiger partial charge in [0, 0.05) is 0 Å². The molecule has 0 saturated heterocycles. The van der Waals surface area contributed by atoms with Gasteiger partial charge in [-0.1, -0.05) is 0 Å². The van der Waals surface area contributed by atoms with Crippen molar-refractivity contribution in [2.45, 2.75) is 12.6 Å². The van der Waals surface area contributed by atoms with Crippen molar-refractivity contribution in [3.05, 3.63) is 0 Å². The summed E-state index contributed by atoms with van der Waals surface area (Å²) in [5.74, 6) is -0.805. The van der Waals surface area contributed by atoms with Crippen LogP contribution in [0.5, 0.6) is 0 Å². The second-order valence-corrected chi connectivity index (χ2v) is 2.71. The highest BCUT2D eigenvalue weighted by Crippen LogP contribution is 2.11. The summed E-state index contributed by atoms with van der Waals surface area (Å²) < 4.78 is 19.8. The number of hydrogen-bond acceptors (Lipinski definition) is 3. The number of hydrogen-bond donors (Lipinski definition) is 1. The first kappa shape index (κ1) is 7.37. The van der Waals surface area contributed by atoms with E-state index in [-0.39, 0.29) is 0 Å². The normalized spacial score (nSPS) is 12.6. The predicted molar refractivity (Wildman–Crippen MR) is 26.9 cm³/mol. The fourth-order valence-electron chi connectivity index (χ4n) is 0.104. The Labute approximate surface area is 46.9 Å². The van der Waals surface area contributed by atoms with Crippen LogP contribution >= 0.6 is 7.68 Å². The second kappa shape index (κ2) is 2.62. The fourth-order valence-corrected chi connectivity index (χ4v) is 0.312. The zero-order valence-electron chi connectivity index (χ0n) is 4.33. The first-order valence-electron chi connectivity index (χ1n) is 1.98. The van der Waals surface area contributed by atoms with Crippen molar-refractivity contribution >= 4 is 13.6 Å². The van der Waals surface area contributed by atoms with E-state index in [2.05, 4.69) is 5.73 Å². The van der Waals surface area contributed by atoms with Crippen molar-refractivity contribution in [3.8, 4) is 0 Å². The summed E-state index contributed by atoms with van der Waals surface area (Å²) in [5, 5.41) is 0. The molecule has 4 nitrogen and oxygen atoms in total. The molecule has 0 fully saturated rings. The Kier molecular flexibility index (Phi) is 2.42. The number of amides is 1. The summed E-state index contributed by atoms with van der Waals surface area (Å²) in [6.45, 7) is 1.24. The quantitative estimate of drug-likeness (QED) is 0.542. The molecular formula is C3H6NO3P. The van der Waals surface area contributed by atoms with Gasteiger partial charge >= 0.3 is 7.68 Å². The molecule has 0 rings (SSSR count). The molecule has 0 bridgehead atoms. The maximum absolute atomic E-state index is 9.98. The molecule has 0 aliphatic carbocycles. The number of nitrogens with two attached hydrogens (primary N) is 1. The van der Waals surface area contributed by atoms with Gasteiger partial charge in [-0.05, 0) is 6.92 Å². The van der Waals surface area contributed by atoms with Crippen LogP contribution in [0.15, 0.2) is 0 Å². The summed E-state index contributed by atoms with van der Waals surface area (Å²) in [6.07, 6.45) is 0. The minimum atomic E-state index is -2.68. The third-order valence-corrected chi connectivity index (χ3v) is 1.61. The molecule has 0 aliphatic heterocycles. The van der Waals surface area contributed by atoms with Gasteiger partial charge in [0.05, 0.1) is 0 Å². The molecule has 46 valence electrons. The molecule has 0 spiro atoms. The van der Waals surface area contributed by atoms with Crippen LogP contribution in [0.4, 0.5) is 0 Å². The van der Waals surface area contributed by atoms with E-state index in [1.807, 2.05) is 0 Å². The van der Waals surface area contributed by atoms with Crippen LogP contribution in [0.25, 0.3) is 0 Å². The molecule has 1 atom stereocenters. The standard InChI is InChI=1S/C3H6NO3P/c1-2(3(4)5)8(6)7/h2H,1H3,(H2,4,5). The zero-order chi connectivity index (χ0) is 6.73. The van der Waals surface area contributed by atoms with Gasteiger partial charge in [0.25, 0.3) is 0 Å². The molecule has 0 aromatic carbocycles. The van der Waals surface area contributed by atoms with Gasteiger partial charge in [0.1, 0.15) is 5.66 Å². The Hall–Kier alpha value is -0.630. The minimum absolute atomic E-state index is 0.805. The van der Waals surface area contributed by atoms with E-state index in [4.69, 9.17) is 0 Å². The third-order valence-electron chi connectivity index (χ3n) is 0.728. The van der Waals surface area contributed by atoms with Crippen LogP contribution in [-0.2, 0) is 13.9 Å². The summed E-state index contributed by atoms with van der Waals surface area (Å²) in [5.41, 5.74) is 3.58. The zero-order valence-corrected chi connectivity index (χ0v) is 5.22. The Bertz CT molecular complexity index is 154. The van der Waals surface area contributed by atoms with Gasteiger partial charge in [-0.15, -0.1) is 0 Å². The van der Waals surface area contributed by atoms with Gasteiger partial charge in [-0.25, -0.2) is 9.13 Å². The molecule has 8 heavy (non-hydrogen) atoms. The topological polar surface area (TPSA) is 77.2 Å². The number of carbonyl (C=O) groups is 1. The van der Waals surface area contributed by atoms with Gasteiger partial charge in [-0.2, -0.15) is 0 Å². The lowest BCUT2D eigenvalue weighted by Gasteiger charge is -1.89. The molecule has 0 radical (unpaired) electrons. The van der Waals surface area contributed by atoms with Crippen molar-refractivity contribution in [1.29, 1.82) is 0 Å². The van der Waals surface area contributed by atoms with Crippen molar-refractivity contribution in [1.82, 2.24) is 0 Å². The average molecular weight is 135 g/mol. The summed E-state index contributed by atoms with van der Waals surface area (Å²) in [7, 11) is -2.68. The number of carbonyl (C=O) groups excluding carboxylic acids is 1. The molecule has 0 aromatic heterocycles. The molecular weight excluding hydrogens is 129 g/mol. The lowest BCUT2D eigenvalue weighted by molar-refractivity contribution is -0.117. The van der Waals surface area contributed by atoms with Gasteiger partial charge in [-0.3, -0.25) is 4.79 Å². The van der Waals surface area contributed by atoms with E-state index in [0.29, 0.717) is 0 Å². The molecule has 5 heteroatoms. The molecule has 0 heterocycles. The van der Waals surface area contributed by atoms with E-state index in [1.165, 1.54) is 6.92 Å². The van der Waals surface area contributed by atoms with Gasteiger partial charge in [0.15, 0.2) is 0 Å². The Balaban J connectivity index is 4.04. The van der Waals surface area contributed by atoms with Gasteiger partial charge in [0.2, 0.25) is 5.91 Å². The minimum Gasteiger partial charge on any atom is -0.369 e. The van der Waals surface area contributed by atoms with Crippen LogP contribution in [0.1, 0.15) is 6.92 Å². The van der Waals surface area contributed by atoms with Crippen LogP contribution in [0.3, 0.4) is 0 Å². The third kappa shape index (κ3) is 1.89. The first-order valence-corrected chi connectivity index (χ1v) is 3.23. The van der Waals surface area contributed by atoms with E-state index in [9.17, 15) is 13.9 Å². The summed E-state index contributed by atoms with van der Waals surface area (Å²) in [4.78, 5) is 9.98. The highest BCUT2D eigenvalue weighted by atomic mass is 31.1. The molecule has 2 N–H and O–H groups in total. The predicted octanol–water partition coefficient (Wildman–Crippen LogP) is 0.0331.